The number of para-hydroxylation sites is 4. The van der Waals surface area contributed by atoms with Gasteiger partial charge in [-0.1, -0.05) is 59.5 Å². The summed E-state index contributed by atoms with van der Waals surface area (Å²) in [5, 5.41) is 2.19. The number of fused-ring (bicyclic) bond motifs is 4. The topological polar surface area (TPSA) is 43.9 Å². The predicted molar refractivity (Wildman–Crippen MR) is 212 cm³/mol. The standard InChI is InChI=1S/C25H15N2O.C20H28GeN.Ir/c1-2-9-17(10-3-1)27-22-15-6-5-14-21(22)26-25(27)20-13-8-12-19-18-11-4-7-16-23(18)28-24(19)20;1-15-8-10-16(11-9-15)19-12-17(13-20(2,3)4)18(14-22-19)21(5,6)7;/h1-12,14-16H;8-10,12,14H,13H2,1-7H3;/q2*-1;/i;1D3,13D2;. The maximum Gasteiger partial charge on any atom is 0.120 e. The van der Waals surface area contributed by atoms with Crippen LogP contribution in [0, 0.1) is 24.4 Å². The van der Waals surface area contributed by atoms with Gasteiger partial charge in [-0.25, -0.2) is 0 Å². The first-order valence-corrected chi connectivity index (χ1v) is 24.2. The molecule has 0 aliphatic heterocycles. The van der Waals surface area contributed by atoms with Gasteiger partial charge in [0.25, 0.3) is 0 Å². The molecule has 0 N–H and O–H groups in total. The Morgan fingerprint density at radius 2 is 1.61 bits per heavy atom. The van der Waals surface area contributed by atoms with Crippen molar-refractivity contribution in [3.8, 4) is 28.3 Å². The van der Waals surface area contributed by atoms with Gasteiger partial charge < -0.3 is 8.98 Å². The molecular weight excluding hydrogens is 863 g/mol. The van der Waals surface area contributed by atoms with Crippen LogP contribution in [-0.4, -0.2) is 27.8 Å². The van der Waals surface area contributed by atoms with Crippen molar-refractivity contribution in [2.75, 3.05) is 0 Å². The van der Waals surface area contributed by atoms with Gasteiger partial charge in [0.15, 0.2) is 0 Å². The van der Waals surface area contributed by atoms with E-state index in [2.05, 4.69) is 69.3 Å². The fourth-order valence-corrected chi connectivity index (χ4v) is 9.11. The molecular formula is C45H43GeIrN3O-2. The van der Waals surface area contributed by atoms with E-state index in [4.69, 9.17) is 16.3 Å². The van der Waals surface area contributed by atoms with Gasteiger partial charge in [0.05, 0.1) is 22.4 Å². The van der Waals surface area contributed by atoms with Crippen molar-refractivity contribution in [2.24, 2.45) is 5.41 Å². The first-order valence-electron chi connectivity index (χ1n) is 19.3. The number of hydrogen-bond donors (Lipinski definition) is 0. The summed E-state index contributed by atoms with van der Waals surface area (Å²) in [7, 11) is 0. The number of nitrogens with zero attached hydrogens (tertiary/aromatic N) is 3. The van der Waals surface area contributed by atoms with E-state index in [1.807, 2.05) is 93.7 Å². The molecule has 0 aliphatic carbocycles. The summed E-state index contributed by atoms with van der Waals surface area (Å²) in [6.45, 7) is 3.55. The zero-order chi connectivity index (χ0) is 39.3. The summed E-state index contributed by atoms with van der Waals surface area (Å²) in [4.78, 5) is 9.52. The second-order valence-corrected chi connectivity index (χ2v) is 25.1. The molecule has 4 nitrogen and oxygen atoms in total. The summed E-state index contributed by atoms with van der Waals surface area (Å²) in [6, 6.07) is 43.5. The quantitative estimate of drug-likeness (QED) is 0.128. The minimum Gasteiger partial charge on any atom is -0.501 e. The van der Waals surface area contributed by atoms with E-state index in [0.717, 1.165) is 54.4 Å². The Balaban J connectivity index is 0.000000187. The number of aryl methyl sites for hydroxylation is 1. The SMILES string of the molecule is [2H]C([2H])([2H])c1c[c-]c(-c2cc(C([2H])([2H])C(C)(C)C)[c]([Ge]([CH3])([CH3])[CH3])cn2)cc1.[Ir].[c-]1ccc2c(oc3ccccc32)c1-c1nc2ccccc2n1-c1ccccc1. The fraction of sp³-hybridized carbons (Fsp3) is 0.200. The van der Waals surface area contributed by atoms with Crippen LogP contribution >= 0.6 is 0 Å². The van der Waals surface area contributed by atoms with Crippen LogP contribution in [0.5, 0.6) is 0 Å². The van der Waals surface area contributed by atoms with Gasteiger partial charge in [-0.15, -0.1) is 18.2 Å². The molecule has 0 atom stereocenters. The van der Waals surface area contributed by atoms with Crippen molar-refractivity contribution < 1.29 is 31.4 Å². The van der Waals surface area contributed by atoms with Gasteiger partial charge in [0.1, 0.15) is 5.58 Å². The van der Waals surface area contributed by atoms with Crippen LogP contribution in [0.2, 0.25) is 17.3 Å². The molecule has 8 rings (SSSR count). The minimum atomic E-state index is -2.36. The maximum absolute atomic E-state index is 8.80. The third kappa shape index (κ3) is 7.82. The van der Waals surface area contributed by atoms with Crippen LogP contribution in [0.25, 0.3) is 61.3 Å². The van der Waals surface area contributed by atoms with Gasteiger partial charge in [0.2, 0.25) is 0 Å². The molecule has 8 aromatic rings. The van der Waals surface area contributed by atoms with Gasteiger partial charge in [-0.2, -0.15) is 0 Å². The third-order valence-corrected chi connectivity index (χ3v) is 12.7. The van der Waals surface area contributed by atoms with Crippen LogP contribution in [0.1, 0.15) is 38.8 Å². The monoisotopic (exact) mass is 913 g/mol. The van der Waals surface area contributed by atoms with E-state index in [0.29, 0.717) is 16.8 Å². The molecule has 1 radical (unpaired) electrons. The molecule has 0 unspecified atom stereocenters. The van der Waals surface area contributed by atoms with Crippen LogP contribution in [-0.2, 0) is 26.5 Å². The van der Waals surface area contributed by atoms with Crippen molar-refractivity contribution in [1.82, 2.24) is 14.5 Å². The maximum atomic E-state index is 8.80. The molecule has 6 heteroatoms. The number of aromatic nitrogens is 3. The van der Waals surface area contributed by atoms with Crippen LogP contribution in [0.3, 0.4) is 0 Å². The first-order chi connectivity index (χ1) is 25.9. The zero-order valence-corrected chi connectivity index (χ0v) is 34.1. The van der Waals surface area contributed by atoms with Gasteiger partial charge in [0, 0.05) is 31.2 Å². The summed E-state index contributed by atoms with van der Waals surface area (Å²) >= 11 is -2.36. The van der Waals surface area contributed by atoms with Gasteiger partial charge in [-0.05, 0) is 30.3 Å². The predicted octanol–water partition coefficient (Wildman–Crippen LogP) is 11.4. The first kappa shape index (κ1) is 30.3. The molecule has 0 spiro atoms. The number of imidazole rings is 1. The van der Waals surface area contributed by atoms with Crippen LogP contribution < -0.4 is 4.40 Å². The molecule has 0 aliphatic rings. The smallest absolute Gasteiger partial charge is 0.120 e. The molecule has 3 aromatic heterocycles. The Morgan fingerprint density at radius 1 is 0.863 bits per heavy atom. The number of rotatable bonds is 5. The Kier molecular flexibility index (Phi) is 8.78. The number of furan rings is 1. The van der Waals surface area contributed by atoms with Crippen molar-refractivity contribution in [1.29, 1.82) is 0 Å². The van der Waals surface area contributed by atoms with Crippen molar-refractivity contribution in [2.45, 2.75) is 51.3 Å². The Morgan fingerprint density at radius 3 is 2.33 bits per heavy atom. The Hall–Kier alpha value is -4.29. The van der Waals surface area contributed by atoms with Gasteiger partial charge in [-0.3, -0.25) is 4.98 Å². The largest absolute Gasteiger partial charge is 0.501 e. The van der Waals surface area contributed by atoms with E-state index in [1.165, 1.54) is 6.07 Å². The second-order valence-electron chi connectivity index (χ2n) is 14.5. The molecule has 0 fully saturated rings. The van der Waals surface area contributed by atoms with Crippen LogP contribution in [0.4, 0.5) is 0 Å². The molecule has 0 amide bonds. The normalized spacial score (nSPS) is 13.7. The Bertz CT molecular complexity index is 2640. The van der Waals surface area contributed by atoms with E-state index >= 15 is 0 Å². The summed E-state index contributed by atoms with van der Waals surface area (Å²) in [6.07, 6.45) is 0.303. The molecule has 0 saturated carbocycles. The van der Waals surface area contributed by atoms with E-state index in [1.54, 1.807) is 12.1 Å². The van der Waals surface area contributed by atoms with Crippen molar-refractivity contribution in [3.05, 3.63) is 145 Å². The van der Waals surface area contributed by atoms with Gasteiger partial charge >= 0.3 is 145 Å². The van der Waals surface area contributed by atoms with Crippen molar-refractivity contribution in [3.63, 3.8) is 0 Å². The third-order valence-electron chi connectivity index (χ3n) is 8.45. The summed E-state index contributed by atoms with van der Waals surface area (Å²) < 4.78 is 49.5. The summed E-state index contributed by atoms with van der Waals surface area (Å²) in [5.41, 5.74) is 7.28. The molecule has 0 saturated heterocycles. The van der Waals surface area contributed by atoms with E-state index in [9.17, 15) is 0 Å². The van der Waals surface area contributed by atoms with E-state index < -0.39 is 31.9 Å². The fourth-order valence-electron chi connectivity index (χ4n) is 6.18. The second kappa shape index (κ2) is 14.8. The number of hydrogen-bond acceptors (Lipinski definition) is 3. The zero-order valence-electron chi connectivity index (χ0n) is 34.6. The Labute approximate surface area is 324 Å². The molecule has 259 valence electrons. The number of benzene rings is 5. The molecule has 3 heterocycles. The van der Waals surface area contributed by atoms with Crippen molar-refractivity contribution >= 4 is 50.6 Å². The number of pyridine rings is 1. The van der Waals surface area contributed by atoms with E-state index in [-0.39, 0.29) is 25.7 Å². The average Bonchev–Trinajstić information content (AvgIpc) is 3.73. The molecule has 0 bridgehead atoms. The summed E-state index contributed by atoms with van der Waals surface area (Å²) in [5.74, 6) is 7.53. The molecule has 51 heavy (non-hydrogen) atoms. The molecule has 5 aromatic carbocycles. The minimum absolute atomic E-state index is 0. The van der Waals surface area contributed by atoms with Crippen LogP contribution in [0.15, 0.2) is 126 Å². The average molecular weight is 912 g/mol.